The van der Waals surface area contributed by atoms with Gasteiger partial charge >= 0.3 is 0 Å². The van der Waals surface area contributed by atoms with Gasteiger partial charge in [0.15, 0.2) is 0 Å². The third kappa shape index (κ3) is 1.78. The summed E-state index contributed by atoms with van der Waals surface area (Å²) >= 11 is 0. The molecule has 0 saturated carbocycles. The van der Waals surface area contributed by atoms with E-state index in [0.717, 1.165) is 5.01 Å². The fraction of sp³-hybridized carbons (Fsp3) is 0.143. The minimum absolute atomic E-state index is 0.170. The number of non-ortho nitro benzene ring substituents is 1. The maximum atomic E-state index is 12.5. The lowest BCUT2D eigenvalue weighted by Gasteiger charge is -2.31. The lowest BCUT2D eigenvalue weighted by molar-refractivity contribution is -0.384. The number of imide groups is 1. The monoisotopic (exact) mass is 285 g/mol. The van der Waals surface area contributed by atoms with Crippen molar-refractivity contribution in [3.63, 3.8) is 0 Å². The Morgan fingerprint density at radius 1 is 1.10 bits per heavy atom. The quantitative estimate of drug-likeness (QED) is 0.477. The Labute approximate surface area is 119 Å². The molecule has 0 saturated heterocycles. The van der Waals surface area contributed by atoms with Gasteiger partial charge in [0.25, 0.3) is 17.5 Å². The third-order valence-electron chi connectivity index (χ3n) is 3.42. The molecule has 2 aromatic carbocycles. The van der Waals surface area contributed by atoms with Crippen LogP contribution in [0.2, 0.25) is 0 Å². The minimum Gasteiger partial charge on any atom is -0.267 e. The average molecular weight is 285 g/mol. The first-order chi connectivity index (χ1) is 9.91. The maximum Gasteiger partial charge on any atom is 0.276 e. The predicted molar refractivity (Wildman–Crippen MR) is 74.8 cm³/mol. The molecule has 0 radical (unpaired) electrons. The van der Waals surface area contributed by atoms with Gasteiger partial charge in [-0.2, -0.15) is 0 Å². The second kappa shape index (κ2) is 4.35. The van der Waals surface area contributed by atoms with Crippen molar-refractivity contribution in [2.45, 2.75) is 0 Å². The number of carbonyl (C=O) groups excluding carboxylic acids is 2. The van der Waals surface area contributed by atoms with E-state index in [1.54, 1.807) is 32.3 Å². The first-order valence-electron chi connectivity index (χ1n) is 6.19. The lowest BCUT2D eigenvalue weighted by Crippen LogP contribution is -2.48. The van der Waals surface area contributed by atoms with E-state index < -0.39 is 16.7 Å². The Morgan fingerprint density at radius 2 is 1.76 bits per heavy atom. The normalized spacial score (nSPS) is 14.1. The molecule has 0 N–H and O–H groups in total. The molecule has 7 heteroatoms. The number of rotatable bonds is 2. The predicted octanol–water partition coefficient (Wildman–Crippen LogP) is 1.82. The molecule has 2 amide bonds. The zero-order valence-electron chi connectivity index (χ0n) is 11.4. The molecule has 0 aliphatic carbocycles. The second-order valence-corrected chi connectivity index (χ2v) is 4.92. The van der Waals surface area contributed by atoms with Gasteiger partial charge < -0.3 is 0 Å². The number of benzene rings is 2. The van der Waals surface area contributed by atoms with E-state index in [2.05, 4.69) is 0 Å². The third-order valence-corrected chi connectivity index (χ3v) is 3.42. The highest BCUT2D eigenvalue weighted by Gasteiger charge is 2.35. The van der Waals surface area contributed by atoms with E-state index in [-0.39, 0.29) is 11.3 Å². The van der Waals surface area contributed by atoms with E-state index in [1.807, 2.05) is 0 Å². The summed E-state index contributed by atoms with van der Waals surface area (Å²) in [6.45, 7) is 0. The molecule has 1 aliphatic heterocycles. The van der Waals surface area contributed by atoms with Crippen molar-refractivity contribution in [1.29, 1.82) is 0 Å². The molecule has 0 fully saturated rings. The van der Waals surface area contributed by atoms with Gasteiger partial charge in [-0.3, -0.25) is 19.7 Å². The van der Waals surface area contributed by atoms with Gasteiger partial charge in [0.1, 0.15) is 0 Å². The molecule has 0 unspecified atom stereocenters. The molecule has 0 bridgehead atoms. The molecule has 106 valence electrons. The molecular weight excluding hydrogens is 274 g/mol. The van der Waals surface area contributed by atoms with Crippen LogP contribution >= 0.6 is 0 Å². The molecule has 21 heavy (non-hydrogen) atoms. The van der Waals surface area contributed by atoms with Crippen LogP contribution in [0.25, 0.3) is 10.8 Å². The number of carbonyl (C=O) groups is 2. The van der Waals surface area contributed by atoms with Crippen LogP contribution in [0.3, 0.4) is 0 Å². The van der Waals surface area contributed by atoms with Crippen LogP contribution in [0, 0.1) is 10.1 Å². The van der Waals surface area contributed by atoms with Gasteiger partial charge in [-0.1, -0.05) is 12.1 Å². The summed E-state index contributed by atoms with van der Waals surface area (Å²) in [5.41, 5.74) is 0.366. The van der Waals surface area contributed by atoms with Crippen LogP contribution in [-0.2, 0) is 0 Å². The number of nitro benzene ring substituents is 1. The molecule has 7 nitrogen and oxygen atoms in total. The van der Waals surface area contributed by atoms with Crippen molar-refractivity contribution in [3.05, 3.63) is 51.6 Å². The van der Waals surface area contributed by atoms with Gasteiger partial charge in [-0.15, -0.1) is 0 Å². The summed E-state index contributed by atoms with van der Waals surface area (Å²) in [7, 11) is 3.14. The fourth-order valence-electron chi connectivity index (χ4n) is 2.55. The second-order valence-electron chi connectivity index (χ2n) is 4.92. The zero-order chi connectivity index (χ0) is 15.3. The van der Waals surface area contributed by atoms with Crippen molar-refractivity contribution in [3.8, 4) is 0 Å². The first-order valence-corrected chi connectivity index (χ1v) is 6.19. The number of hydrogen-bond acceptors (Lipinski definition) is 5. The Kier molecular flexibility index (Phi) is 2.74. The number of nitro groups is 1. The van der Waals surface area contributed by atoms with Crippen molar-refractivity contribution in [2.24, 2.45) is 0 Å². The Morgan fingerprint density at radius 3 is 2.38 bits per heavy atom. The minimum atomic E-state index is -0.558. The topological polar surface area (TPSA) is 83.8 Å². The summed E-state index contributed by atoms with van der Waals surface area (Å²) in [5, 5.41) is 14.3. The van der Waals surface area contributed by atoms with E-state index in [4.69, 9.17) is 0 Å². The van der Waals surface area contributed by atoms with Gasteiger partial charge in [0.2, 0.25) is 0 Å². The van der Waals surface area contributed by atoms with E-state index in [9.17, 15) is 19.7 Å². The van der Waals surface area contributed by atoms with Gasteiger partial charge in [-0.05, 0) is 11.5 Å². The smallest absolute Gasteiger partial charge is 0.267 e. The Bertz CT molecular complexity index is 813. The number of hydrazine groups is 1. The molecule has 0 atom stereocenters. The molecule has 1 heterocycles. The van der Waals surface area contributed by atoms with E-state index >= 15 is 0 Å². The van der Waals surface area contributed by atoms with Crippen molar-refractivity contribution in [1.82, 2.24) is 10.0 Å². The molecule has 2 aromatic rings. The molecule has 0 spiro atoms. The van der Waals surface area contributed by atoms with Crippen LogP contribution in [-0.4, -0.2) is 40.9 Å². The van der Waals surface area contributed by atoms with Crippen molar-refractivity contribution >= 4 is 28.3 Å². The first kappa shape index (κ1) is 13.2. The van der Waals surface area contributed by atoms with E-state index in [0.29, 0.717) is 16.3 Å². The largest absolute Gasteiger partial charge is 0.276 e. The van der Waals surface area contributed by atoms with Crippen LogP contribution in [0.5, 0.6) is 0 Å². The van der Waals surface area contributed by atoms with Crippen molar-refractivity contribution < 1.29 is 14.5 Å². The maximum absolute atomic E-state index is 12.5. The summed E-state index contributed by atoms with van der Waals surface area (Å²) < 4.78 is 0. The average Bonchev–Trinajstić information content (AvgIpc) is 2.43. The summed E-state index contributed by atoms with van der Waals surface area (Å²) in [5.74, 6) is -0.991. The van der Waals surface area contributed by atoms with Crippen LogP contribution < -0.4 is 0 Å². The lowest BCUT2D eigenvalue weighted by atomic mass is 9.94. The summed E-state index contributed by atoms with van der Waals surface area (Å²) in [6.07, 6.45) is 0. The SMILES string of the molecule is CN(C)N1C(=O)c2cccc3cc([N+](=O)[O-])cc(c23)C1=O. The standard InChI is InChI=1S/C14H11N3O4/c1-15(2)16-13(18)10-5-3-4-8-6-9(17(20)21)7-11(12(8)10)14(16)19/h3-7H,1-2H3. The molecule has 3 rings (SSSR count). The molecule has 0 aromatic heterocycles. The van der Waals surface area contributed by atoms with Gasteiger partial charge in [0.05, 0.1) is 16.1 Å². The van der Waals surface area contributed by atoms with Crippen molar-refractivity contribution in [2.75, 3.05) is 14.1 Å². The van der Waals surface area contributed by atoms with E-state index in [1.165, 1.54) is 17.1 Å². The highest BCUT2D eigenvalue weighted by atomic mass is 16.6. The molecule has 1 aliphatic rings. The number of amides is 2. The van der Waals surface area contributed by atoms with Gasteiger partial charge in [-0.25, -0.2) is 10.0 Å². The summed E-state index contributed by atoms with van der Waals surface area (Å²) in [6, 6.07) is 7.50. The Hall–Kier alpha value is -2.80. The zero-order valence-corrected chi connectivity index (χ0v) is 11.4. The number of nitrogens with zero attached hydrogens (tertiary/aromatic N) is 3. The summed E-state index contributed by atoms with van der Waals surface area (Å²) in [4.78, 5) is 35.3. The Balaban J connectivity index is 2.40. The number of hydrogen-bond donors (Lipinski definition) is 0. The van der Waals surface area contributed by atoms with Crippen LogP contribution in [0.1, 0.15) is 20.7 Å². The van der Waals surface area contributed by atoms with Crippen LogP contribution in [0.4, 0.5) is 5.69 Å². The highest BCUT2D eigenvalue weighted by Crippen LogP contribution is 2.33. The van der Waals surface area contributed by atoms with Crippen LogP contribution in [0.15, 0.2) is 30.3 Å². The fourth-order valence-corrected chi connectivity index (χ4v) is 2.55. The molecular formula is C14H11N3O4. The van der Waals surface area contributed by atoms with Gasteiger partial charge in [0, 0.05) is 31.6 Å². The highest BCUT2D eigenvalue weighted by molar-refractivity contribution is 6.25.